The molecule has 1 saturated heterocycles. The fourth-order valence-electron chi connectivity index (χ4n) is 4.12. The number of likely N-dealkylation sites (tertiary alicyclic amines) is 1. The van der Waals surface area contributed by atoms with E-state index in [4.69, 9.17) is 11.6 Å². The van der Waals surface area contributed by atoms with E-state index < -0.39 is 0 Å². The van der Waals surface area contributed by atoms with Gasteiger partial charge in [-0.15, -0.1) is 0 Å². The van der Waals surface area contributed by atoms with Gasteiger partial charge in [-0.3, -0.25) is 4.90 Å². The van der Waals surface area contributed by atoms with Crippen LogP contribution in [0.1, 0.15) is 23.6 Å². The number of hydrogen-bond donors (Lipinski definition) is 2. The highest BCUT2D eigenvalue weighted by Crippen LogP contribution is 2.37. The summed E-state index contributed by atoms with van der Waals surface area (Å²) in [6, 6.07) is 15.0. The maximum atomic E-state index is 14.0. The molecule has 146 valence electrons. The van der Waals surface area contributed by atoms with E-state index >= 15 is 0 Å². The normalized spacial score (nSPS) is 20.0. The zero-order valence-electron chi connectivity index (χ0n) is 15.7. The zero-order chi connectivity index (χ0) is 19.7. The molecule has 0 radical (unpaired) electrons. The van der Waals surface area contributed by atoms with Crippen molar-refractivity contribution in [1.82, 2.24) is 9.88 Å². The highest BCUT2D eigenvalue weighted by Gasteiger charge is 2.33. The van der Waals surface area contributed by atoms with E-state index in [1.54, 1.807) is 6.07 Å². The molecular formula is C22H23ClFN3O. The van der Waals surface area contributed by atoms with Gasteiger partial charge in [0.25, 0.3) is 0 Å². The SMILES string of the molecule is CN1CCC(CNc2nc3ccccc3cc2CO)C1c1ccc(Cl)c(F)c1. The minimum atomic E-state index is -0.384. The number of nitrogens with zero attached hydrogens (tertiary/aromatic N) is 2. The number of nitrogens with one attached hydrogen (secondary N) is 1. The molecule has 2 N–H and O–H groups in total. The first-order valence-corrected chi connectivity index (χ1v) is 9.83. The summed E-state index contributed by atoms with van der Waals surface area (Å²) in [6.07, 6.45) is 1.00. The summed E-state index contributed by atoms with van der Waals surface area (Å²) < 4.78 is 14.0. The number of anilines is 1. The van der Waals surface area contributed by atoms with Gasteiger partial charge in [-0.2, -0.15) is 0 Å². The maximum Gasteiger partial charge on any atom is 0.142 e. The predicted octanol–water partition coefficient (Wildman–Crippen LogP) is 4.62. The molecule has 1 fully saturated rings. The van der Waals surface area contributed by atoms with Crippen molar-refractivity contribution in [2.45, 2.75) is 19.1 Å². The number of aromatic nitrogens is 1. The summed E-state index contributed by atoms with van der Waals surface area (Å²) in [6.45, 7) is 1.56. The van der Waals surface area contributed by atoms with E-state index in [0.717, 1.165) is 35.0 Å². The number of hydrogen-bond acceptors (Lipinski definition) is 4. The average Bonchev–Trinajstić information content (AvgIpc) is 3.08. The number of fused-ring (bicyclic) bond motifs is 1. The molecule has 6 heteroatoms. The lowest BCUT2D eigenvalue weighted by Crippen LogP contribution is -2.25. The number of aliphatic hydroxyl groups excluding tert-OH is 1. The molecule has 0 aliphatic carbocycles. The molecule has 0 spiro atoms. The van der Waals surface area contributed by atoms with Gasteiger partial charge >= 0.3 is 0 Å². The van der Waals surface area contributed by atoms with Crippen molar-refractivity contribution in [3.05, 3.63) is 70.5 Å². The molecule has 4 nitrogen and oxygen atoms in total. The zero-order valence-corrected chi connectivity index (χ0v) is 16.5. The highest BCUT2D eigenvalue weighted by molar-refractivity contribution is 6.30. The molecule has 28 heavy (non-hydrogen) atoms. The van der Waals surface area contributed by atoms with Crippen LogP contribution in [0, 0.1) is 11.7 Å². The number of pyridine rings is 1. The molecule has 1 aromatic heterocycles. The summed E-state index contributed by atoms with van der Waals surface area (Å²) in [5.74, 6) is 0.618. The van der Waals surface area contributed by atoms with Gasteiger partial charge < -0.3 is 10.4 Å². The first kappa shape index (κ1) is 19.1. The van der Waals surface area contributed by atoms with Gasteiger partial charge in [-0.25, -0.2) is 9.37 Å². The van der Waals surface area contributed by atoms with Crippen LogP contribution in [-0.2, 0) is 6.61 Å². The largest absolute Gasteiger partial charge is 0.392 e. The minimum Gasteiger partial charge on any atom is -0.392 e. The van der Waals surface area contributed by atoms with Crippen molar-refractivity contribution in [2.75, 3.05) is 25.5 Å². The quantitative estimate of drug-likeness (QED) is 0.657. The first-order valence-electron chi connectivity index (χ1n) is 9.45. The van der Waals surface area contributed by atoms with E-state index in [1.807, 2.05) is 36.4 Å². The fourth-order valence-corrected chi connectivity index (χ4v) is 4.24. The molecule has 3 aromatic rings. The molecule has 1 aliphatic heterocycles. The molecule has 4 rings (SSSR count). The lowest BCUT2D eigenvalue weighted by Gasteiger charge is -2.26. The Morgan fingerprint density at radius 2 is 2.07 bits per heavy atom. The summed E-state index contributed by atoms with van der Waals surface area (Å²) >= 11 is 5.85. The Balaban J connectivity index is 1.56. The predicted molar refractivity (Wildman–Crippen MR) is 111 cm³/mol. The molecule has 2 heterocycles. The maximum absolute atomic E-state index is 14.0. The van der Waals surface area contributed by atoms with Gasteiger partial charge in [-0.1, -0.05) is 35.9 Å². The Hall–Kier alpha value is -2.21. The first-order chi connectivity index (χ1) is 13.6. The molecule has 0 amide bonds. The highest BCUT2D eigenvalue weighted by atomic mass is 35.5. The van der Waals surface area contributed by atoms with Crippen LogP contribution in [0.4, 0.5) is 10.2 Å². The molecule has 2 atom stereocenters. The van der Waals surface area contributed by atoms with E-state index in [-0.39, 0.29) is 23.5 Å². The summed E-state index contributed by atoms with van der Waals surface area (Å²) in [5.41, 5.74) is 2.60. The minimum absolute atomic E-state index is 0.0729. The molecular weight excluding hydrogens is 377 g/mol. The van der Waals surface area contributed by atoms with Crippen molar-refractivity contribution in [3.8, 4) is 0 Å². The smallest absolute Gasteiger partial charge is 0.142 e. The lowest BCUT2D eigenvalue weighted by atomic mass is 9.93. The molecule has 2 aromatic carbocycles. The lowest BCUT2D eigenvalue weighted by molar-refractivity contribution is 0.279. The molecule has 0 saturated carbocycles. The van der Waals surface area contributed by atoms with Gasteiger partial charge in [0, 0.05) is 23.5 Å². The summed E-state index contributed by atoms with van der Waals surface area (Å²) in [4.78, 5) is 6.93. The van der Waals surface area contributed by atoms with Gasteiger partial charge in [0.1, 0.15) is 11.6 Å². The Morgan fingerprint density at radius 1 is 1.25 bits per heavy atom. The monoisotopic (exact) mass is 399 g/mol. The summed E-state index contributed by atoms with van der Waals surface area (Å²) in [7, 11) is 2.06. The van der Waals surface area contributed by atoms with Crippen LogP contribution in [0.3, 0.4) is 0 Å². The number of aliphatic hydroxyl groups is 1. The van der Waals surface area contributed by atoms with E-state index in [2.05, 4.69) is 22.2 Å². The molecule has 1 aliphatic rings. The molecule has 0 bridgehead atoms. The number of para-hydroxylation sites is 1. The van der Waals surface area contributed by atoms with E-state index in [9.17, 15) is 9.50 Å². The Bertz CT molecular complexity index is 997. The number of halogens is 2. The Labute approximate surface area is 169 Å². The van der Waals surface area contributed by atoms with Crippen LogP contribution < -0.4 is 5.32 Å². The van der Waals surface area contributed by atoms with Crippen molar-refractivity contribution in [1.29, 1.82) is 0 Å². The summed E-state index contributed by atoms with van der Waals surface area (Å²) in [5, 5.41) is 14.3. The van der Waals surface area contributed by atoms with Crippen LogP contribution >= 0.6 is 11.6 Å². The fraction of sp³-hybridized carbons (Fsp3) is 0.318. The van der Waals surface area contributed by atoms with Gasteiger partial charge in [-0.05, 0) is 55.8 Å². The second-order valence-corrected chi connectivity index (χ2v) is 7.78. The number of benzene rings is 2. The second kappa shape index (κ2) is 8.03. The van der Waals surface area contributed by atoms with Crippen molar-refractivity contribution >= 4 is 28.3 Å². The van der Waals surface area contributed by atoms with Crippen LogP contribution in [0.15, 0.2) is 48.5 Å². The standard InChI is InChI=1S/C22H23ClFN3O/c1-27-9-8-16(21(27)15-6-7-18(23)19(24)11-15)12-25-22-17(13-28)10-14-4-2-3-5-20(14)26-22/h2-7,10-11,16,21,28H,8-9,12-13H2,1H3,(H,25,26). The van der Waals surface area contributed by atoms with Gasteiger partial charge in [0.05, 0.1) is 17.1 Å². The van der Waals surface area contributed by atoms with E-state index in [0.29, 0.717) is 18.3 Å². The van der Waals surface area contributed by atoms with Crippen molar-refractivity contribution in [3.63, 3.8) is 0 Å². The van der Waals surface area contributed by atoms with Crippen molar-refractivity contribution < 1.29 is 9.50 Å². The Kier molecular flexibility index (Phi) is 5.49. The Morgan fingerprint density at radius 3 is 2.86 bits per heavy atom. The topological polar surface area (TPSA) is 48.4 Å². The second-order valence-electron chi connectivity index (χ2n) is 7.38. The van der Waals surface area contributed by atoms with Crippen LogP contribution in [0.2, 0.25) is 5.02 Å². The third-order valence-corrected chi connectivity index (χ3v) is 5.87. The van der Waals surface area contributed by atoms with Crippen LogP contribution in [-0.4, -0.2) is 35.1 Å². The van der Waals surface area contributed by atoms with Crippen LogP contribution in [0.25, 0.3) is 10.9 Å². The average molecular weight is 400 g/mol. The van der Waals surface area contributed by atoms with Crippen LogP contribution in [0.5, 0.6) is 0 Å². The third-order valence-electron chi connectivity index (χ3n) is 5.56. The number of rotatable bonds is 5. The van der Waals surface area contributed by atoms with Crippen molar-refractivity contribution in [2.24, 2.45) is 5.92 Å². The third kappa shape index (κ3) is 3.70. The molecule has 2 unspecified atom stereocenters. The van der Waals surface area contributed by atoms with Gasteiger partial charge in [0.2, 0.25) is 0 Å². The van der Waals surface area contributed by atoms with E-state index in [1.165, 1.54) is 6.07 Å². The van der Waals surface area contributed by atoms with Gasteiger partial charge in [0.15, 0.2) is 0 Å².